The molecule has 104 valence electrons. The molecule has 0 N–H and O–H groups in total. The third-order valence-corrected chi connectivity index (χ3v) is 2.73. The van der Waals surface area contributed by atoms with Gasteiger partial charge in [0.05, 0.1) is 0 Å². The number of rotatable bonds is 4. The number of ether oxygens (including phenoxy) is 2. The summed E-state index contributed by atoms with van der Waals surface area (Å²) in [5, 5.41) is 0. The second kappa shape index (κ2) is 5.50. The lowest BCUT2D eigenvalue weighted by Crippen LogP contribution is -2.16. The highest BCUT2D eigenvalue weighted by Crippen LogP contribution is 2.31. The van der Waals surface area contributed by atoms with Gasteiger partial charge in [0, 0.05) is 18.4 Å². The molecule has 0 aliphatic carbocycles. The Kier molecular flexibility index (Phi) is 3.97. The van der Waals surface area contributed by atoms with Crippen LogP contribution in [0.25, 0.3) is 0 Å². The highest BCUT2D eigenvalue weighted by molar-refractivity contribution is 5.96. The van der Waals surface area contributed by atoms with E-state index in [2.05, 4.69) is 0 Å². The number of benzene rings is 1. The monoisotopic (exact) mass is 274 g/mol. The predicted octanol–water partition coefficient (Wildman–Crippen LogP) is 3.37. The molecular formula is C13H13F3O3. The highest BCUT2D eigenvalue weighted by Gasteiger charge is 2.26. The smallest absolute Gasteiger partial charge is 0.389 e. The van der Waals surface area contributed by atoms with Gasteiger partial charge in [0.15, 0.2) is 17.3 Å². The lowest BCUT2D eigenvalue weighted by atomic mass is 10.0. The van der Waals surface area contributed by atoms with Crippen molar-refractivity contribution in [3.05, 3.63) is 23.8 Å². The van der Waals surface area contributed by atoms with Crippen LogP contribution in [0.15, 0.2) is 18.2 Å². The predicted molar refractivity (Wildman–Crippen MR) is 61.7 cm³/mol. The first-order valence-electron chi connectivity index (χ1n) is 5.95. The molecule has 0 unspecified atom stereocenters. The standard InChI is InChI=1S/C13H13F3O3/c14-13(15,16)5-1-2-10(17)9-3-4-11-12(8-9)19-7-6-18-11/h3-4,8H,1-2,5-7H2. The minimum atomic E-state index is -4.22. The number of Topliss-reactive ketones (excluding diaryl/α,β-unsaturated/α-hetero) is 1. The Labute approximate surface area is 108 Å². The molecule has 6 heteroatoms. The molecule has 0 bridgehead atoms. The van der Waals surface area contributed by atoms with E-state index in [4.69, 9.17) is 9.47 Å². The van der Waals surface area contributed by atoms with E-state index in [1.807, 2.05) is 0 Å². The van der Waals surface area contributed by atoms with Gasteiger partial charge in [0.2, 0.25) is 0 Å². The first-order chi connectivity index (χ1) is 8.96. The van der Waals surface area contributed by atoms with Crippen LogP contribution in [-0.4, -0.2) is 25.2 Å². The number of ketones is 1. The Balaban J connectivity index is 1.96. The zero-order chi connectivity index (χ0) is 13.9. The van der Waals surface area contributed by atoms with Gasteiger partial charge in [-0.3, -0.25) is 4.79 Å². The number of carbonyl (C=O) groups is 1. The van der Waals surface area contributed by atoms with Crippen molar-refractivity contribution in [1.82, 2.24) is 0 Å². The number of halogens is 3. The summed E-state index contributed by atoms with van der Waals surface area (Å²) in [6, 6.07) is 4.67. The van der Waals surface area contributed by atoms with E-state index in [-0.39, 0.29) is 18.6 Å². The SMILES string of the molecule is O=C(CCCC(F)(F)F)c1ccc2c(c1)OCCO2. The maximum absolute atomic E-state index is 12.0. The van der Waals surface area contributed by atoms with Crippen molar-refractivity contribution >= 4 is 5.78 Å². The van der Waals surface area contributed by atoms with Gasteiger partial charge in [-0.2, -0.15) is 13.2 Å². The summed E-state index contributed by atoms with van der Waals surface area (Å²) in [6.07, 6.45) is -5.48. The third kappa shape index (κ3) is 3.87. The number of hydrogen-bond acceptors (Lipinski definition) is 3. The van der Waals surface area contributed by atoms with Crippen molar-refractivity contribution in [3.63, 3.8) is 0 Å². The fourth-order valence-corrected chi connectivity index (χ4v) is 1.81. The first kappa shape index (κ1) is 13.7. The lowest BCUT2D eigenvalue weighted by molar-refractivity contribution is -0.135. The topological polar surface area (TPSA) is 35.5 Å². The van der Waals surface area contributed by atoms with Crippen molar-refractivity contribution in [3.8, 4) is 11.5 Å². The van der Waals surface area contributed by atoms with E-state index >= 15 is 0 Å². The van der Waals surface area contributed by atoms with Crippen LogP contribution in [0.1, 0.15) is 29.6 Å². The summed E-state index contributed by atoms with van der Waals surface area (Å²) in [6.45, 7) is 0.852. The first-order valence-corrected chi connectivity index (χ1v) is 5.95. The molecule has 1 aromatic carbocycles. The summed E-state index contributed by atoms with van der Waals surface area (Å²) in [5.41, 5.74) is 0.353. The second-order valence-electron chi connectivity index (χ2n) is 4.25. The van der Waals surface area contributed by atoms with Gasteiger partial charge >= 0.3 is 6.18 Å². The molecule has 0 amide bonds. The van der Waals surface area contributed by atoms with Crippen molar-refractivity contribution < 1.29 is 27.4 Å². The summed E-state index contributed by atoms with van der Waals surface area (Å²) >= 11 is 0. The normalized spacial score (nSPS) is 14.3. The van der Waals surface area contributed by atoms with Gasteiger partial charge in [-0.05, 0) is 24.6 Å². The zero-order valence-corrected chi connectivity index (χ0v) is 10.1. The highest BCUT2D eigenvalue weighted by atomic mass is 19.4. The van der Waals surface area contributed by atoms with Crippen molar-refractivity contribution in [2.45, 2.75) is 25.4 Å². The van der Waals surface area contributed by atoms with Crippen LogP contribution < -0.4 is 9.47 Å². The maximum atomic E-state index is 12.0. The molecule has 0 atom stereocenters. The minimum absolute atomic E-state index is 0.126. The second-order valence-corrected chi connectivity index (χ2v) is 4.25. The van der Waals surface area contributed by atoms with Gasteiger partial charge in [-0.1, -0.05) is 0 Å². The van der Waals surface area contributed by atoms with Gasteiger partial charge in [-0.25, -0.2) is 0 Å². The minimum Gasteiger partial charge on any atom is -0.486 e. The van der Waals surface area contributed by atoms with E-state index in [0.29, 0.717) is 30.3 Å². The summed E-state index contributed by atoms with van der Waals surface area (Å²) in [7, 11) is 0. The Morgan fingerprint density at radius 1 is 1.16 bits per heavy atom. The molecule has 0 saturated heterocycles. The fourth-order valence-electron chi connectivity index (χ4n) is 1.81. The molecule has 0 spiro atoms. The Morgan fingerprint density at radius 3 is 2.53 bits per heavy atom. The van der Waals surface area contributed by atoms with Crippen molar-refractivity contribution in [1.29, 1.82) is 0 Å². The third-order valence-electron chi connectivity index (χ3n) is 2.73. The van der Waals surface area contributed by atoms with Gasteiger partial charge in [0.25, 0.3) is 0 Å². The van der Waals surface area contributed by atoms with Crippen LogP contribution in [0.5, 0.6) is 11.5 Å². The molecule has 1 aromatic rings. The van der Waals surface area contributed by atoms with Gasteiger partial charge in [0.1, 0.15) is 13.2 Å². The van der Waals surface area contributed by atoms with Crippen LogP contribution >= 0.6 is 0 Å². The van der Waals surface area contributed by atoms with Crippen LogP contribution in [0.4, 0.5) is 13.2 Å². The molecule has 0 radical (unpaired) electrons. The number of hydrogen-bond donors (Lipinski definition) is 0. The fraction of sp³-hybridized carbons (Fsp3) is 0.462. The van der Waals surface area contributed by atoms with E-state index < -0.39 is 12.6 Å². The quantitative estimate of drug-likeness (QED) is 0.790. The number of fused-ring (bicyclic) bond motifs is 1. The largest absolute Gasteiger partial charge is 0.486 e. The van der Waals surface area contributed by atoms with E-state index in [1.165, 1.54) is 6.07 Å². The molecule has 2 rings (SSSR count). The molecular weight excluding hydrogens is 261 g/mol. The molecule has 0 fully saturated rings. The Morgan fingerprint density at radius 2 is 1.84 bits per heavy atom. The van der Waals surface area contributed by atoms with Crippen molar-refractivity contribution in [2.24, 2.45) is 0 Å². The van der Waals surface area contributed by atoms with Crippen LogP contribution in [0.2, 0.25) is 0 Å². The average molecular weight is 274 g/mol. The number of carbonyl (C=O) groups excluding carboxylic acids is 1. The Hall–Kier alpha value is -1.72. The lowest BCUT2D eigenvalue weighted by Gasteiger charge is -2.18. The van der Waals surface area contributed by atoms with Gasteiger partial charge < -0.3 is 9.47 Å². The summed E-state index contributed by atoms with van der Waals surface area (Å²) < 4.78 is 46.6. The van der Waals surface area contributed by atoms with E-state index in [9.17, 15) is 18.0 Å². The summed E-state index contributed by atoms with van der Waals surface area (Å²) in [4.78, 5) is 11.8. The molecule has 19 heavy (non-hydrogen) atoms. The van der Waals surface area contributed by atoms with E-state index in [0.717, 1.165) is 0 Å². The molecule has 1 heterocycles. The zero-order valence-electron chi connectivity index (χ0n) is 10.1. The molecule has 1 aliphatic heterocycles. The average Bonchev–Trinajstić information content (AvgIpc) is 2.36. The Bertz CT molecular complexity index is 469. The molecule has 0 saturated carbocycles. The van der Waals surface area contributed by atoms with Crippen LogP contribution in [-0.2, 0) is 0 Å². The van der Waals surface area contributed by atoms with Crippen molar-refractivity contribution in [2.75, 3.05) is 13.2 Å². The van der Waals surface area contributed by atoms with Gasteiger partial charge in [-0.15, -0.1) is 0 Å². The molecule has 3 nitrogen and oxygen atoms in total. The number of alkyl halides is 3. The maximum Gasteiger partial charge on any atom is 0.389 e. The molecule has 1 aliphatic rings. The van der Waals surface area contributed by atoms with E-state index in [1.54, 1.807) is 12.1 Å². The molecule has 0 aromatic heterocycles. The summed E-state index contributed by atoms with van der Waals surface area (Å²) in [5.74, 6) is 0.701. The van der Waals surface area contributed by atoms with Crippen LogP contribution in [0.3, 0.4) is 0 Å². The van der Waals surface area contributed by atoms with Crippen LogP contribution in [0, 0.1) is 0 Å².